The Morgan fingerprint density at radius 2 is 0.371 bits per heavy atom. The first-order chi connectivity index (χ1) is 57.4. The monoisotopic (exact) mass is 1510 g/mol. The van der Waals surface area contributed by atoms with Crippen LogP contribution in [0.15, 0.2) is 341 Å². The highest BCUT2D eigenvalue weighted by atomic mass is 16.5. The van der Waals surface area contributed by atoms with Crippen LogP contribution >= 0.6 is 0 Å². The largest absolute Gasteiger partial charge is 0.489 e. The topological polar surface area (TPSA) is 173 Å². The molecule has 17 rings (SSSR count). The number of aromatic nitrogens is 12. The Labute approximate surface area is 676 Å². The van der Waals surface area contributed by atoms with Crippen molar-refractivity contribution in [1.29, 1.82) is 0 Å². The van der Waals surface area contributed by atoms with Gasteiger partial charge in [0.2, 0.25) is 0 Å². The zero-order valence-corrected chi connectivity index (χ0v) is 64.6. The summed E-state index contributed by atoms with van der Waals surface area (Å²) >= 11 is 0. The van der Waals surface area contributed by atoms with E-state index in [2.05, 4.69) is 159 Å². The fourth-order valence-electron chi connectivity index (χ4n) is 14.8. The molecule has 12 heterocycles. The van der Waals surface area contributed by atoms with Crippen molar-refractivity contribution in [2.45, 2.75) is 65.2 Å². The van der Waals surface area contributed by atoms with Crippen LogP contribution in [-0.2, 0) is 0 Å². The molecule has 0 amide bonds. The van der Waals surface area contributed by atoms with Gasteiger partial charge < -0.3 is 9.47 Å². The predicted octanol–water partition coefficient (Wildman–Crippen LogP) is 25.0. The van der Waals surface area contributed by atoms with Gasteiger partial charge in [-0.1, -0.05) is 198 Å². The molecule has 0 fully saturated rings. The van der Waals surface area contributed by atoms with E-state index in [0.29, 0.717) is 24.7 Å². The second kappa shape index (κ2) is 35.5. The van der Waals surface area contributed by atoms with Gasteiger partial charge >= 0.3 is 0 Å². The summed E-state index contributed by atoms with van der Waals surface area (Å²) in [5.74, 6) is 1.32. The van der Waals surface area contributed by atoms with Crippen LogP contribution in [0.1, 0.15) is 65.2 Å². The summed E-state index contributed by atoms with van der Waals surface area (Å²) in [6.07, 6.45) is 22.4. The molecule has 116 heavy (non-hydrogen) atoms. The lowest BCUT2D eigenvalue weighted by Gasteiger charge is -2.28. The molecule has 0 unspecified atom stereocenters. The van der Waals surface area contributed by atoms with E-state index in [1.54, 1.807) is 49.6 Å². The molecule has 0 radical (unpaired) electrons. The summed E-state index contributed by atoms with van der Waals surface area (Å²) in [7, 11) is 0. The Balaban J connectivity index is 0.934. The lowest BCUT2D eigenvalue weighted by Crippen LogP contribution is -2.08. The van der Waals surface area contributed by atoms with Gasteiger partial charge in [-0.05, 0) is 225 Å². The van der Waals surface area contributed by atoms with Gasteiger partial charge in [0, 0.05) is 71.8 Å². The lowest BCUT2D eigenvalue weighted by molar-refractivity contribution is 0.261. The standard InChI is InChI=1S/C102H82N12O2/c1-3-5-7-25-59-115-101-99(75-47-39-71(40-48-75)79-65-93(85-31-13-21-55-107-85)113-94(66-79)86-32-14-22-56-108-86)97(73-43-35-69(36-44-73)77-61-89(81-27-9-17-51-103-81)111-90(62-77)82-28-10-18-52-104-82)98(74-45-37-70(38-46-74)78-63-91(83-29-11-19-53-105-83)112-92(64-78)84-30-12-20-54-106-84)100(102(101)116-60-26-8-6-4-2)76-49-41-72(42-50-76)80-67-95(87-33-15-23-57-109-87)114-96(68-80)88-34-16-24-58-110-88/h9-24,27-58,61-68H,3-8,25-26,59-60H2,1-2H3. The number of ether oxygens (including phenoxy) is 2. The Bertz CT molecular complexity index is 5550. The van der Waals surface area contributed by atoms with Gasteiger partial charge in [-0.3, -0.25) is 39.9 Å². The quantitative estimate of drug-likeness (QED) is 0.0424. The van der Waals surface area contributed by atoms with Gasteiger partial charge in [-0.25, -0.2) is 19.9 Å². The van der Waals surface area contributed by atoms with Crippen molar-refractivity contribution >= 4 is 0 Å². The fraction of sp³-hybridized carbons (Fsp3) is 0.118. The third kappa shape index (κ3) is 16.8. The molecule has 0 N–H and O–H groups in total. The fourth-order valence-corrected chi connectivity index (χ4v) is 14.8. The molecule has 0 saturated carbocycles. The molecule has 14 nitrogen and oxygen atoms in total. The van der Waals surface area contributed by atoms with Crippen LogP contribution in [0.3, 0.4) is 0 Å². The SMILES string of the molecule is CCCCCCOc1c(OCCCCCC)c(-c2ccc(-c3cc(-c4ccccn4)nc(-c4ccccn4)c3)cc2)c(-c2ccc(-c3cc(-c4ccccn4)nc(-c4ccccn4)c3)cc2)c(-c2ccc(-c3cc(-c4ccccn4)nc(-c4ccccn4)c3)cc2)c1-c1ccc(-c2cc(-c3ccccn3)nc(-c3ccccn3)c2)cc1. The van der Waals surface area contributed by atoms with Crippen molar-refractivity contribution in [3.05, 3.63) is 341 Å². The highest BCUT2D eigenvalue weighted by Crippen LogP contribution is 2.57. The van der Waals surface area contributed by atoms with E-state index < -0.39 is 0 Å². The van der Waals surface area contributed by atoms with Crippen LogP contribution in [-0.4, -0.2) is 73.0 Å². The first-order valence-electron chi connectivity index (χ1n) is 39.8. The van der Waals surface area contributed by atoms with Gasteiger partial charge in [-0.15, -0.1) is 0 Å². The third-order valence-electron chi connectivity index (χ3n) is 20.6. The van der Waals surface area contributed by atoms with Gasteiger partial charge in [-0.2, -0.15) is 0 Å². The van der Waals surface area contributed by atoms with Gasteiger partial charge in [0.05, 0.1) is 104 Å². The molecule has 0 saturated heterocycles. The van der Waals surface area contributed by atoms with E-state index >= 15 is 0 Å². The van der Waals surface area contributed by atoms with E-state index in [-0.39, 0.29) is 0 Å². The number of benzene rings is 5. The molecular weight excluding hydrogens is 1430 g/mol. The van der Waals surface area contributed by atoms with E-state index in [9.17, 15) is 0 Å². The zero-order valence-electron chi connectivity index (χ0n) is 64.6. The predicted molar refractivity (Wildman–Crippen MR) is 466 cm³/mol. The zero-order chi connectivity index (χ0) is 78.2. The van der Waals surface area contributed by atoms with Gasteiger partial charge in [0.25, 0.3) is 0 Å². The molecule has 0 spiro atoms. The molecule has 5 aromatic carbocycles. The highest BCUT2D eigenvalue weighted by molar-refractivity contribution is 6.08. The number of unbranched alkanes of at least 4 members (excludes halogenated alkanes) is 6. The maximum atomic E-state index is 7.69. The molecule has 0 aliphatic heterocycles. The molecule has 17 aromatic rings. The van der Waals surface area contributed by atoms with Gasteiger partial charge in [0.15, 0.2) is 11.5 Å². The van der Waals surface area contributed by atoms with Crippen molar-refractivity contribution in [2.24, 2.45) is 0 Å². The van der Waals surface area contributed by atoms with Crippen LogP contribution in [0.5, 0.6) is 11.5 Å². The summed E-state index contributed by atoms with van der Waals surface area (Å²) in [6, 6.07) is 100. The van der Waals surface area contributed by atoms with Crippen molar-refractivity contribution in [1.82, 2.24) is 59.8 Å². The van der Waals surface area contributed by atoms with E-state index in [4.69, 9.17) is 69.3 Å². The number of pyridine rings is 12. The molecule has 0 aliphatic carbocycles. The first kappa shape index (κ1) is 74.3. The highest BCUT2D eigenvalue weighted by Gasteiger charge is 2.31. The lowest BCUT2D eigenvalue weighted by atomic mass is 9.80. The van der Waals surface area contributed by atoms with E-state index in [1.807, 2.05) is 146 Å². The minimum absolute atomic E-state index is 0.442. The summed E-state index contributed by atoms with van der Waals surface area (Å²) in [5.41, 5.74) is 27.1. The Morgan fingerprint density at radius 3 is 0.552 bits per heavy atom. The van der Waals surface area contributed by atoms with E-state index in [0.717, 1.165) is 231 Å². The number of hydrogen-bond acceptors (Lipinski definition) is 14. The maximum absolute atomic E-state index is 7.69. The van der Waals surface area contributed by atoms with Crippen molar-refractivity contribution in [3.63, 3.8) is 0 Å². The van der Waals surface area contributed by atoms with Crippen molar-refractivity contribution < 1.29 is 9.47 Å². The maximum Gasteiger partial charge on any atom is 0.170 e. The molecule has 562 valence electrons. The van der Waals surface area contributed by atoms with Crippen LogP contribution in [0.4, 0.5) is 0 Å². The van der Waals surface area contributed by atoms with Crippen LogP contribution in [0.25, 0.3) is 180 Å². The third-order valence-corrected chi connectivity index (χ3v) is 20.6. The molecule has 0 bridgehead atoms. The van der Waals surface area contributed by atoms with E-state index in [1.165, 1.54) is 0 Å². The smallest absolute Gasteiger partial charge is 0.170 e. The molecular formula is C102H82N12O2. The first-order valence-corrected chi connectivity index (χ1v) is 39.8. The molecule has 12 aromatic heterocycles. The number of hydrogen-bond donors (Lipinski definition) is 0. The average molecular weight is 1510 g/mol. The van der Waals surface area contributed by atoms with Crippen LogP contribution in [0, 0.1) is 0 Å². The van der Waals surface area contributed by atoms with Crippen molar-refractivity contribution in [3.8, 4) is 192 Å². The molecule has 0 aliphatic rings. The normalized spacial score (nSPS) is 11.2. The molecule has 14 heteroatoms. The number of rotatable bonds is 28. The van der Waals surface area contributed by atoms with Crippen LogP contribution in [0.2, 0.25) is 0 Å². The Kier molecular flexibility index (Phi) is 22.7. The summed E-state index contributed by atoms with van der Waals surface area (Å²) in [6.45, 7) is 5.37. The average Bonchev–Trinajstić information content (AvgIpc) is 0.723. The minimum atomic E-state index is 0.442. The second-order valence-electron chi connectivity index (χ2n) is 28.5. The second-order valence-corrected chi connectivity index (χ2v) is 28.5. The van der Waals surface area contributed by atoms with Crippen LogP contribution < -0.4 is 9.47 Å². The van der Waals surface area contributed by atoms with Gasteiger partial charge in [0.1, 0.15) is 0 Å². The summed E-state index contributed by atoms with van der Waals surface area (Å²) in [4.78, 5) is 59.1. The summed E-state index contributed by atoms with van der Waals surface area (Å²) < 4.78 is 15.4. The Morgan fingerprint density at radius 1 is 0.181 bits per heavy atom. The molecule has 0 atom stereocenters. The van der Waals surface area contributed by atoms with Crippen molar-refractivity contribution in [2.75, 3.05) is 13.2 Å². The summed E-state index contributed by atoms with van der Waals surface area (Å²) in [5, 5.41) is 0. The number of nitrogens with zero attached hydrogens (tertiary/aromatic N) is 12. The minimum Gasteiger partial charge on any atom is -0.489 e. The Hall–Kier alpha value is -14.5.